The van der Waals surface area contributed by atoms with Gasteiger partial charge >= 0.3 is 5.97 Å². The largest absolute Gasteiger partial charge is 0.465 e. The molecule has 4 nitrogen and oxygen atoms in total. The van der Waals surface area contributed by atoms with E-state index in [9.17, 15) is 9.90 Å². The van der Waals surface area contributed by atoms with Crippen molar-refractivity contribution in [2.45, 2.75) is 13.0 Å². The molecule has 0 spiro atoms. The van der Waals surface area contributed by atoms with Crippen LogP contribution in [0.25, 0.3) is 0 Å². The molecule has 0 aromatic heterocycles. The van der Waals surface area contributed by atoms with Gasteiger partial charge < -0.3 is 15.2 Å². The summed E-state index contributed by atoms with van der Waals surface area (Å²) in [6.07, 6.45) is 0.896. The van der Waals surface area contributed by atoms with Gasteiger partial charge in [0, 0.05) is 12.2 Å². The molecule has 0 bridgehead atoms. The number of benzene rings is 1. The second kappa shape index (κ2) is 3.90. The molecule has 0 unspecified atom stereocenters. The van der Waals surface area contributed by atoms with Crippen molar-refractivity contribution in [3.63, 3.8) is 0 Å². The van der Waals surface area contributed by atoms with Crippen LogP contribution in [0.4, 0.5) is 5.69 Å². The van der Waals surface area contributed by atoms with Crippen LogP contribution < -0.4 is 5.32 Å². The second-order valence-electron chi connectivity index (χ2n) is 3.49. The summed E-state index contributed by atoms with van der Waals surface area (Å²) in [5.74, 6) is -0.374. The Kier molecular flexibility index (Phi) is 2.60. The third-order valence-electron chi connectivity index (χ3n) is 2.62. The van der Waals surface area contributed by atoms with E-state index >= 15 is 0 Å². The van der Waals surface area contributed by atoms with E-state index < -0.39 is 0 Å². The van der Waals surface area contributed by atoms with E-state index in [1.807, 2.05) is 0 Å². The maximum Gasteiger partial charge on any atom is 0.337 e. The van der Waals surface area contributed by atoms with Gasteiger partial charge in [-0.1, -0.05) is 0 Å². The molecule has 1 aromatic rings. The topological polar surface area (TPSA) is 58.6 Å². The quantitative estimate of drug-likeness (QED) is 0.708. The molecule has 0 fully saturated rings. The van der Waals surface area contributed by atoms with Crippen molar-refractivity contribution < 1.29 is 14.6 Å². The second-order valence-corrected chi connectivity index (χ2v) is 3.49. The molecule has 0 amide bonds. The summed E-state index contributed by atoms with van der Waals surface area (Å²) in [4.78, 5) is 11.3. The van der Waals surface area contributed by atoms with Crippen LogP contribution >= 0.6 is 0 Å². The molecule has 1 aliphatic heterocycles. The molecule has 80 valence electrons. The fourth-order valence-corrected chi connectivity index (χ4v) is 1.88. The number of rotatable bonds is 2. The molecule has 0 radical (unpaired) electrons. The lowest BCUT2D eigenvalue weighted by atomic mass is 10.0. The first-order valence-corrected chi connectivity index (χ1v) is 4.85. The van der Waals surface area contributed by atoms with Gasteiger partial charge in [0.15, 0.2) is 0 Å². The molecule has 15 heavy (non-hydrogen) atoms. The highest BCUT2D eigenvalue weighted by atomic mass is 16.5. The number of nitrogens with one attached hydrogen (secondary N) is 1. The number of hydrogen-bond donors (Lipinski definition) is 2. The lowest BCUT2D eigenvalue weighted by Gasteiger charge is -2.08. The zero-order valence-electron chi connectivity index (χ0n) is 8.54. The van der Waals surface area contributed by atoms with Gasteiger partial charge in [-0.05, 0) is 29.7 Å². The number of carbonyl (C=O) groups is 1. The monoisotopic (exact) mass is 207 g/mol. The fourth-order valence-electron chi connectivity index (χ4n) is 1.88. The summed E-state index contributed by atoms with van der Waals surface area (Å²) in [6.45, 7) is 0.807. The summed E-state index contributed by atoms with van der Waals surface area (Å²) in [6, 6.07) is 3.46. The Morgan fingerprint density at radius 3 is 3.07 bits per heavy atom. The van der Waals surface area contributed by atoms with Crippen molar-refractivity contribution in [3.05, 3.63) is 28.8 Å². The molecule has 1 aromatic carbocycles. The first kappa shape index (κ1) is 9.98. The van der Waals surface area contributed by atoms with Crippen molar-refractivity contribution >= 4 is 11.7 Å². The van der Waals surface area contributed by atoms with Crippen molar-refractivity contribution in [1.29, 1.82) is 0 Å². The molecule has 0 aliphatic carbocycles. The highest BCUT2D eigenvalue weighted by molar-refractivity contribution is 5.91. The number of fused-ring (bicyclic) bond motifs is 1. The maximum absolute atomic E-state index is 11.3. The van der Waals surface area contributed by atoms with Gasteiger partial charge in [-0.25, -0.2) is 4.79 Å². The molecule has 0 saturated heterocycles. The number of hydrogen-bond acceptors (Lipinski definition) is 4. The van der Waals surface area contributed by atoms with E-state index in [0.29, 0.717) is 5.56 Å². The highest BCUT2D eigenvalue weighted by Gasteiger charge is 2.17. The average Bonchev–Trinajstić information content (AvgIpc) is 2.74. The third-order valence-corrected chi connectivity index (χ3v) is 2.62. The number of carbonyl (C=O) groups excluding carboxylic acids is 1. The molecule has 4 heteroatoms. The molecule has 0 atom stereocenters. The standard InChI is InChI=1S/C11H13NO3/c1-15-11(14)7-4-8(6-13)9-2-3-12-10(9)5-7/h4-5,12-13H,2-3,6H2,1H3. The lowest BCUT2D eigenvalue weighted by Crippen LogP contribution is -2.04. The number of esters is 1. The molecular weight excluding hydrogens is 194 g/mol. The minimum Gasteiger partial charge on any atom is -0.465 e. The molecule has 2 rings (SSSR count). The highest BCUT2D eigenvalue weighted by Crippen LogP contribution is 2.27. The van der Waals surface area contributed by atoms with Crippen LogP contribution in [0.5, 0.6) is 0 Å². The summed E-state index contributed by atoms with van der Waals surface area (Å²) >= 11 is 0. The Morgan fingerprint density at radius 2 is 2.40 bits per heavy atom. The van der Waals surface area contributed by atoms with Gasteiger partial charge in [-0.2, -0.15) is 0 Å². The SMILES string of the molecule is COC(=O)c1cc(CO)c2c(c1)NCC2. The van der Waals surface area contributed by atoms with Crippen molar-refractivity contribution in [2.24, 2.45) is 0 Å². The van der Waals surface area contributed by atoms with Gasteiger partial charge in [0.25, 0.3) is 0 Å². The molecular formula is C11H13NO3. The normalized spacial score (nSPS) is 13.2. The van der Waals surface area contributed by atoms with Gasteiger partial charge in [-0.3, -0.25) is 0 Å². The van der Waals surface area contributed by atoms with E-state index in [1.165, 1.54) is 7.11 Å². The molecule has 1 aliphatic rings. The van der Waals surface area contributed by atoms with Crippen LogP contribution in [0, 0.1) is 0 Å². The van der Waals surface area contributed by atoms with Gasteiger partial charge in [0.05, 0.1) is 19.3 Å². The van der Waals surface area contributed by atoms with E-state index in [4.69, 9.17) is 0 Å². The van der Waals surface area contributed by atoms with Crippen molar-refractivity contribution in [1.82, 2.24) is 0 Å². The predicted octanol–water partition coefficient (Wildman–Crippen LogP) is 0.933. The van der Waals surface area contributed by atoms with Crippen LogP contribution in [0.2, 0.25) is 0 Å². The summed E-state index contributed by atoms with van der Waals surface area (Å²) in [7, 11) is 1.35. The summed E-state index contributed by atoms with van der Waals surface area (Å²) < 4.78 is 4.65. The first-order chi connectivity index (χ1) is 7.26. The Bertz CT molecular complexity index is 401. The van der Waals surface area contributed by atoms with Gasteiger partial charge in [0.1, 0.15) is 0 Å². The van der Waals surface area contributed by atoms with Gasteiger partial charge in [-0.15, -0.1) is 0 Å². The fraction of sp³-hybridized carbons (Fsp3) is 0.364. The number of aliphatic hydroxyl groups excluding tert-OH is 1. The first-order valence-electron chi connectivity index (χ1n) is 4.85. The molecule has 0 saturated carbocycles. The van der Waals surface area contributed by atoms with Gasteiger partial charge in [0.2, 0.25) is 0 Å². The minimum atomic E-state index is -0.374. The van der Waals surface area contributed by atoms with Crippen LogP contribution in [-0.4, -0.2) is 24.7 Å². The zero-order valence-corrected chi connectivity index (χ0v) is 8.54. The summed E-state index contributed by atoms with van der Waals surface area (Å²) in [5.41, 5.74) is 3.32. The van der Waals surface area contributed by atoms with Crippen LogP contribution in [0.15, 0.2) is 12.1 Å². The van der Waals surface area contributed by atoms with E-state index in [1.54, 1.807) is 12.1 Å². The Hall–Kier alpha value is -1.55. The van der Waals surface area contributed by atoms with E-state index in [2.05, 4.69) is 10.1 Å². The van der Waals surface area contributed by atoms with E-state index in [0.717, 1.165) is 29.8 Å². The lowest BCUT2D eigenvalue weighted by molar-refractivity contribution is 0.0600. The maximum atomic E-state index is 11.3. The summed E-state index contributed by atoms with van der Waals surface area (Å²) in [5, 5.41) is 12.4. The van der Waals surface area contributed by atoms with Crippen LogP contribution in [0.1, 0.15) is 21.5 Å². The predicted molar refractivity (Wildman–Crippen MR) is 55.9 cm³/mol. The minimum absolute atomic E-state index is 0.0468. The Labute approximate surface area is 87.9 Å². The van der Waals surface area contributed by atoms with Crippen LogP contribution in [-0.2, 0) is 17.8 Å². The number of ether oxygens (including phenoxy) is 1. The Balaban J connectivity index is 2.48. The van der Waals surface area contributed by atoms with Crippen molar-refractivity contribution in [2.75, 3.05) is 19.0 Å². The van der Waals surface area contributed by atoms with E-state index in [-0.39, 0.29) is 12.6 Å². The third kappa shape index (κ3) is 1.68. The van der Waals surface area contributed by atoms with Crippen molar-refractivity contribution in [3.8, 4) is 0 Å². The van der Waals surface area contributed by atoms with Crippen LogP contribution in [0.3, 0.4) is 0 Å². The number of aliphatic hydroxyl groups is 1. The molecule has 2 N–H and O–H groups in total. The Morgan fingerprint density at radius 1 is 1.60 bits per heavy atom. The number of methoxy groups -OCH3 is 1. The zero-order chi connectivity index (χ0) is 10.8. The number of anilines is 1. The molecule has 1 heterocycles. The smallest absolute Gasteiger partial charge is 0.337 e. The average molecular weight is 207 g/mol.